The molecule has 2 rings (SSSR count). The zero-order valence-electron chi connectivity index (χ0n) is 7.84. The fourth-order valence-corrected chi connectivity index (χ4v) is 2.02. The van der Waals surface area contributed by atoms with E-state index in [1.807, 2.05) is 6.07 Å². The first-order valence-corrected chi connectivity index (χ1v) is 6.53. The Morgan fingerprint density at radius 2 is 2.25 bits per heavy atom. The Kier molecular flexibility index (Phi) is 2.58. The van der Waals surface area contributed by atoms with Crippen molar-refractivity contribution in [1.82, 2.24) is 4.98 Å². The maximum Gasteiger partial charge on any atom is 0.261 e. The minimum absolute atomic E-state index is 0.0393. The highest BCUT2D eigenvalue weighted by Crippen LogP contribution is 2.22. The maximum atomic E-state index is 11.1. The minimum atomic E-state index is -3.77. The zero-order chi connectivity index (χ0) is 11.8. The largest absolute Gasteiger partial charge is 0.440 e. The van der Waals surface area contributed by atoms with Gasteiger partial charge in [-0.3, -0.25) is 0 Å². The van der Waals surface area contributed by atoms with Crippen LogP contribution in [0.4, 0.5) is 0 Å². The van der Waals surface area contributed by atoms with Gasteiger partial charge in [0.2, 0.25) is 5.89 Å². The van der Waals surface area contributed by atoms with Crippen LogP contribution in [0.25, 0.3) is 11.1 Å². The van der Waals surface area contributed by atoms with Crippen molar-refractivity contribution in [3.05, 3.63) is 24.1 Å². The molecule has 0 radical (unpaired) electrons. The molecule has 0 spiro atoms. The number of fused-ring (bicyclic) bond motifs is 1. The highest BCUT2D eigenvalue weighted by atomic mass is 35.7. The van der Waals surface area contributed by atoms with Crippen molar-refractivity contribution in [2.45, 2.75) is 11.3 Å². The molecule has 7 heteroatoms. The number of hydrogen-bond donors (Lipinski definition) is 0. The summed E-state index contributed by atoms with van der Waals surface area (Å²) in [5.41, 5.74) is 0.793. The Morgan fingerprint density at radius 1 is 1.50 bits per heavy atom. The Balaban J connectivity index is 2.59. The third-order valence-electron chi connectivity index (χ3n) is 1.92. The van der Waals surface area contributed by atoms with Crippen LogP contribution in [0.1, 0.15) is 5.89 Å². The smallest absolute Gasteiger partial charge is 0.261 e. The second kappa shape index (κ2) is 3.77. The number of hydrogen-bond acceptors (Lipinski definition) is 5. The summed E-state index contributed by atoms with van der Waals surface area (Å²) in [5.74, 6) is 0.252. The van der Waals surface area contributed by atoms with Crippen LogP contribution in [0.3, 0.4) is 0 Å². The molecule has 0 saturated heterocycles. The van der Waals surface area contributed by atoms with Crippen LogP contribution in [0.15, 0.2) is 27.5 Å². The monoisotopic (exact) mass is 256 g/mol. The topological polar surface area (TPSA) is 84.0 Å². The predicted molar refractivity (Wildman–Crippen MR) is 56.4 cm³/mol. The highest BCUT2D eigenvalue weighted by molar-refractivity contribution is 8.13. The van der Waals surface area contributed by atoms with Crippen molar-refractivity contribution in [3.8, 4) is 6.07 Å². The van der Waals surface area contributed by atoms with Gasteiger partial charge < -0.3 is 4.42 Å². The summed E-state index contributed by atoms with van der Waals surface area (Å²) < 4.78 is 27.3. The summed E-state index contributed by atoms with van der Waals surface area (Å²) in [6.07, 6.45) is 0.0393. The molecule has 0 bridgehead atoms. The standard InChI is InChI=1S/C9H5ClN2O3S/c10-16(13,14)6-1-2-8-7(5-6)12-9(15-8)3-4-11/h1-2,5H,3H2. The molecule has 0 atom stereocenters. The summed E-state index contributed by atoms with van der Waals surface area (Å²) in [6, 6.07) is 5.98. The van der Waals surface area contributed by atoms with E-state index in [2.05, 4.69) is 4.98 Å². The van der Waals surface area contributed by atoms with E-state index < -0.39 is 9.05 Å². The number of rotatable bonds is 2. The molecule has 2 aromatic rings. The van der Waals surface area contributed by atoms with Gasteiger partial charge in [-0.25, -0.2) is 13.4 Å². The van der Waals surface area contributed by atoms with Crippen molar-refractivity contribution in [2.75, 3.05) is 0 Å². The Labute approximate surface area is 95.7 Å². The fourth-order valence-electron chi connectivity index (χ4n) is 1.25. The molecule has 0 amide bonds. The van der Waals surface area contributed by atoms with Gasteiger partial charge in [0.15, 0.2) is 5.58 Å². The van der Waals surface area contributed by atoms with E-state index in [-0.39, 0.29) is 17.2 Å². The molecule has 82 valence electrons. The van der Waals surface area contributed by atoms with Gasteiger partial charge in [-0.15, -0.1) is 0 Å². The van der Waals surface area contributed by atoms with E-state index in [1.54, 1.807) is 0 Å². The summed E-state index contributed by atoms with van der Waals surface area (Å²) in [7, 11) is 1.42. The second-order valence-electron chi connectivity index (χ2n) is 3.01. The van der Waals surface area contributed by atoms with Gasteiger partial charge in [-0.1, -0.05) is 0 Å². The van der Waals surface area contributed by atoms with Crippen LogP contribution >= 0.6 is 10.7 Å². The van der Waals surface area contributed by atoms with E-state index in [9.17, 15) is 8.42 Å². The number of aromatic nitrogens is 1. The van der Waals surface area contributed by atoms with E-state index in [1.165, 1.54) is 18.2 Å². The lowest BCUT2D eigenvalue weighted by atomic mass is 10.3. The molecule has 0 aliphatic heterocycles. The Hall–Kier alpha value is -1.58. The molecule has 0 aliphatic rings. The van der Waals surface area contributed by atoms with Gasteiger partial charge in [-0.2, -0.15) is 5.26 Å². The van der Waals surface area contributed by atoms with Crippen LogP contribution in [0.2, 0.25) is 0 Å². The van der Waals surface area contributed by atoms with Crippen molar-refractivity contribution >= 4 is 30.8 Å². The molecule has 0 N–H and O–H groups in total. The first kappa shape index (κ1) is 10.9. The highest BCUT2D eigenvalue weighted by Gasteiger charge is 2.13. The van der Waals surface area contributed by atoms with Gasteiger partial charge in [0.05, 0.1) is 11.0 Å². The van der Waals surface area contributed by atoms with Gasteiger partial charge in [0.25, 0.3) is 9.05 Å². The van der Waals surface area contributed by atoms with Crippen molar-refractivity contribution in [2.24, 2.45) is 0 Å². The molecular weight excluding hydrogens is 252 g/mol. The number of nitriles is 1. The van der Waals surface area contributed by atoms with Crippen LogP contribution in [-0.2, 0) is 15.5 Å². The average molecular weight is 257 g/mol. The van der Waals surface area contributed by atoms with E-state index in [0.717, 1.165) is 0 Å². The number of oxazole rings is 1. The molecule has 0 saturated carbocycles. The lowest BCUT2D eigenvalue weighted by molar-refractivity contribution is 0.548. The van der Waals surface area contributed by atoms with Crippen molar-refractivity contribution in [1.29, 1.82) is 5.26 Å². The predicted octanol–water partition coefficient (Wildman–Crippen LogP) is 1.82. The van der Waals surface area contributed by atoms with Gasteiger partial charge >= 0.3 is 0 Å². The molecule has 1 heterocycles. The summed E-state index contributed by atoms with van der Waals surface area (Å²) in [6.45, 7) is 0. The summed E-state index contributed by atoms with van der Waals surface area (Å²) >= 11 is 0. The maximum absolute atomic E-state index is 11.1. The lowest BCUT2D eigenvalue weighted by Crippen LogP contribution is -1.89. The lowest BCUT2D eigenvalue weighted by Gasteiger charge is -1.93. The normalized spacial score (nSPS) is 11.5. The van der Waals surface area contributed by atoms with Crippen LogP contribution in [0, 0.1) is 11.3 Å². The first-order valence-electron chi connectivity index (χ1n) is 4.22. The van der Waals surface area contributed by atoms with Crippen LogP contribution in [0.5, 0.6) is 0 Å². The molecule has 5 nitrogen and oxygen atoms in total. The number of nitrogens with zero attached hydrogens (tertiary/aromatic N) is 2. The fraction of sp³-hybridized carbons (Fsp3) is 0.111. The Morgan fingerprint density at radius 3 is 2.88 bits per heavy atom. The van der Waals surface area contributed by atoms with Gasteiger partial charge in [-0.05, 0) is 18.2 Å². The molecule has 0 fully saturated rings. The summed E-state index contributed by atoms with van der Waals surface area (Å²) in [4.78, 5) is 3.92. The summed E-state index contributed by atoms with van der Waals surface area (Å²) in [5, 5.41) is 8.46. The Bertz CT molecular complexity index is 684. The van der Waals surface area contributed by atoms with Gasteiger partial charge in [0.1, 0.15) is 11.9 Å². The molecule has 1 aromatic carbocycles. The van der Waals surface area contributed by atoms with E-state index in [0.29, 0.717) is 11.1 Å². The number of benzene rings is 1. The molecule has 0 aliphatic carbocycles. The zero-order valence-corrected chi connectivity index (χ0v) is 9.42. The van der Waals surface area contributed by atoms with Gasteiger partial charge in [0, 0.05) is 10.7 Å². The number of halogens is 1. The average Bonchev–Trinajstić information content (AvgIpc) is 2.57. The molecule has 0 unspecified atom stereocenters. The second-order valence-corrected chi connectivity index (χ2v) is 5.58. The molecule has 16 heavy (non-hydrogen) atoms. The first-order chi connectivity index (χ1) is 7.50. The molecule has 1 aromatic heterocycles. The quantitative estimate of drug-likeness (QED) is 0.765. The van der Waals surface area contributed by atoms with Crippen LogP contribution < -0.4 is 0 Å². The SMILES string of the molecule is N#CCc1nc2cc(S(=O)(=O)Cl)ccc2o1. The van der Waals surface area contributed by atoms with Crippen molar-refractivity contribution in [3.63, 3.8) is 0 Å². The van der Waals surface area contributed by atoms with E-state index in [4.69, 9.17) is 20.4 Å². The van der Waals surface area contributed by atoms with Crippen LogP contribution in [-0.4, -0.2) is 13.4 Å². The van der Waals surface area contributed by atoms with E-state index >= 15 is 0 Å². The molecular formula is C9H5ClN2O3S. The third-order valence-corrected chi connectivity index (χ3v) is 3.27. The minimum Gasteiger partial charge on any atom is -0.440 e. The third kappa shape index (κ3) is 2.01. The van der Waals surface area contributed by atoms with Crippen molar-refractivity contribution < 1.29 is 12.8 Å².